The van der Waals surface area contributed by atoms with Crippen LogP contribution in [0.1, 0.15) is 27.0 Å². The van der Waals surface area contributed by atoms with Crippen molar-refractivity contribution >= 4 is 17.3 Å². The summed E-state index contributed by atoms with van der Waals surface area (Å²) in [5, 5.41) is 11.0. The summed E-state index contributed by atoms with van der Waals surface area (Å²) in [4.78, 5) is 22.1. The molecule has 0 bridgehead atoms. The Balaban J connectivity index is 2.20. The molecule has 0 aliphatic carbocycles. The number of amides is 1. The minimum atomic E-state index is -4.70. The molecule has 2 aromatic carbocycles. The van der Waals surface area contributed by atoms with Crippen LogP contribution in [0, 0.1) is 24.0 Å². The van der Waals surface area contributed by atoms with Crippen LogP contribution < -0.4 is 10.9 Å². The first-order chi connectivity index (χ1) is 11.6. The van der Waals surface area contributed by atoms with E-state index in [1.807, 2.05) is 13.8 Å². The van der Waals surface area contributed by atoms with Gasteiger partial charge in [0.2, 0.25) is 0 Å². The first kappa shape index (κ1) is 18.2. The molecule has 1 amide bonds. The molecule has 0 unspecified atom stereocenters. The highest BCUT2D eigenvalue weighted by molar-refractivity contribution is 5.95. The molecule has 2 rings (SSSR count). The maximum atomic E-state index is 12.7. The highest BCUT2D eigenvalue weighted by Crippen LogP contribution is 2.34. The molecule has 9 heteroatoms. The molecule has 0 aliphatic heterocycles. The number of nitro benzene ring substituents is 1. The number of hydrogen-bond donors (Lipinski definition) is 2. The van der Waals surface area contributed by atoms with Crippen molar-refractivity contribution in [3.8, 4) is 0 Å². The summed E-state index contributed by atoms with van der Waals surface area (Å²) >= 11 is 0. The van der Waals surface area contributed by atoms with Crippen molar-refractivity contribution in [2.24, 2.45) is 0 Å². The molecule has 0 spiro atoms. The third-order valence-corrected chi connectivity index (χ3v) is 3.60. The van der Waals surface area contributed by atoms with Gasteiger partial charge in [0.15, 0.2) is 0 Å². The van der Waals surface area contributed by atoms with Gasteiger partial charge in [-0.05, 0) is 49.2 Å². The van der Waals surface area contributed by atoms with E-state index < -0.39 is 28.3 Å². The van der Waals surface area contributed by atoms with Crippen molar-refractivity contribution in [1.29, 1.82) is 0 Å². The minimum Gasteiger partial charge on any atom is -0.292 e. The Morgan fingerprint density at radius 1 is 1.08 bits per heavy atom. The zero-order valence-corrected chi connectivity index (χ0v) is 13.3. The maximum absolute atomic E-state index is 12.7. The van der Waals surface area contributed by atoms with Gasteiger partial charge in [0.05, 0.1) is 10.5 Å². The van der Waals surface area contributed by atoms with E-state index in [2.05, 4.69) is 10.9 Å². The molecule has 2 aromatic rings. The maximum Gasteiger partial charge on any atom is 0.416 e. The van der Waals surface area contributed by atoms with Gasteiger partial charge in [0.25, 0.3) is 11.6 Å². The summed E-state index contributed by atoms with van der Waals surface area (Å²) in [5.41, 5.74) is 4.52. The Morgan fingerprint density at radius 2 is 1.76 bits per heavy atom. The molecule has 0 fully saturated rings. The molecule has 0 radical (unpaired) electrons. The molecule has 6 nitrogen and oxygen atoms in total. The van der Waals surface area contributed by atoms with Crippen LogP contribution >= 0.6 is 0 Å². The number of rotatable bonds is 4. The van der Waals surface area contributed by atoms with Crippen LogP contribution in [0.15, 0.2) is 36.4 Å². The second-order valence-electron chi connectivity index (χ2n) is 5.36. The van der Waals surface area contributed by atoms with Gasteiger partial charge in [-0.3, -0.25) is 25.8 Å². The van der Waals surface area contributed by atoms with Gasteiger partial charge in [-0.2, -0.15) is 13.2 Å². The number of carbonyl (C=O) groups excluding carboxylic acids is 1. The van der Waals surface area contributed by atoms with Crippen molar-refractivity contribution < 1.29 is 22.9 Å². The number of halogens is 3. The summed E-state index contributed by atoms with van der Waals surface area (Å²) in [6.07, 6.45) is -4.70. The summed E-state index contributed by atoms with van der Waals surface area (Å²) in [6, 6.07) is 6.93. The van der Waals surface area contributed by atoms with Crippen molar-refractivity contribution in [1.82, 2.24) is 5.43 Å². The van der Waals surface area contributed by atoms with Gasteiger partial charge in [-0.15, -0.1) is 0 Å². The number of carbonyl (C=O) groups is 1. The van der Waals surface area contributed by atoms with E-state index in [0.29, 0.717) is 17.7 Å². The minimum absolute atomic E-state index is 0.254. The number of anilines is 1. The average molecular weight is 353 g/mol. The second kappa shape index (κ2) is 6.80. The lowest BCUT2D eigenvalue weighted by Crippen LogP contribution is -2.29. The van der Waals surface area contributed by atoms with Crippen molar-refractivity contribution in [3.63, 3.8) is 0 Å². The fraction of sp³-hybridized carbons (Fsp3) is 0.188. The smallest absolute Gasteiger partial charge is 0.292 e. The summed E-state index contributed by atoms with van der Waals surface area (Å²) in [7, 11) is 0. The van der Waals surface area contributed by atoms with Crippen LogP contribution in [0.25, 0.3) is 0 Å². The molecule has 0 saturated carbocycles. The molecule has 0 saturated heterocycles. The van der Waals surface area contributed by atoms with Gasteiger partial charge >= 0.3 is 6.18 Å². The molecule has 0 atom stereocenters. The van der Waals surface area contributed by atoms with Crippen LogP contribution in [0.4, 0.5) is 24.5 Å². The van der Waals surface area contributed by atoms with Crippen molar-refractivity contribution in [3.05, 3.63) is 68.8 Å². The van der Waals surface area contributed by atoms with Crippen LogP contribution in [-0.4, -0.2) is 10.8 Å². The fourth-order valence-electron chi connectivity index (χ4n) is 2.04. The van der Waals surface area contributed by atoms with Crippen LogP contribution in [-0.2, 0) is 6.18 Å². The number of nitrogens with one attached hydrogen (secondary N) is 2. The number of hydrazine groups is 1. The topological polar surface area (TPSA) is 84.3 Å². The lowest BCUT2D eigenvalue weighted by atomic mass is 10.1. The Kier molecular flexibility index (Phi) is 4.96. The summed E-state index contributed by atoms with van der Waals surface area (Å²) in [6.45, 7) is 3.70. The van der Waals surface area contributed by atoms with Crippen molar-refractivity contribution in [2.75, 3.05) is 5.43 Å². The SMILES string of the molecule is Cc1ccc(C(=O)NNc2ccc(C(F)(F)F)cc2[N+](=O)[O-])cc1C. The Bertz CT molecular complexity index is 835. The summed E-state index contributed by atoms with van der Waals surface area (Å²) in [5.74, 6) is -0.572. The molecule has 0 aromatic heterocycles. The Hall–Kier alpha value is -3.10. The average Bonchev–Trinajstić information content (AvgIpc) is 2.54. The molecule has 25 heavy (non-hydrogen) atoms. The zero-order chi connectivity index (χ0) is 18.8. The first-order valence-electron chi connectivity index (χ1n) is 7.09. The normalized spacial score (nSPS) is 11.1. The fourth-order valence-corrected chi connectivity index (χ4v) is 2.04. The van der Waals surface area contributed by atoms with Gasteiger partial charge in [-0.25, -0.2) is 0 Å². The Morgan fingerprint density at radius 3 is 2.32 bits per heavy atom. The van der Waals surface area contributed by atoms with Gasteiger partial charge in [0.1, 0.15) is 5.69 Å². The van der Waals surface area contributed by atoms with Gasteiger partial charge in [0, 0.05) is 11.6 Å². The molecular weight excluding hydrogens is 339 g/mol. The van der Waals surface area contributed by atoms with E-state index in [-0.39, 0.29) is 5.69 Å². The van der Waals surface area contributed by atoms with Crippen molar-refractivity contribution in [2.45, 2.75) is 20.0 Å². The number of aryl methyl sites for hydroxylation is 2. The quantitative estimate of drug-likeness (QED) is 0.643. The van der Waals surface area contributed by atoms with Gasteiger partial charge < -0.3 is 0 Å². The van der Waals surface area contributed by atoms with E-state index in [0.717, 1.165) is 17.2 Å². The molecule has 0 aliphatic rings. The second-order valence-corrected chi connectivity index (χ2v) is 5.36. The molecule has 2 N–H and O–H groups in total. The third kappa shape index (κ3) is 4.25. The summed E-state index contributed by atoms with van der Waals surface area (Å²) < 4.78 is 38.0. The van der Waals surface area contributed by atoms with E-state index in [4.69, 9.17) is 0 Å². The van der Waals surface area contributed by atoms with E-state index in [9.17, 15) is 28.1 Å². The number of nitro groups is 1. The van der Waals surface area contributed by atoms with Gasteiger partial charge in [-0.1, -0.05) is 6.07 Å². The van der Waals surface area contributed by atoms with E-state index in [1.165, 1.54) is 0 Å². The predicted octanol–water partition coefficient (Wildman–Crippen LogP) is 3.99. The lowest BCUT2D eigenvalue weighted by molar-refractivity contribution is -0.384. The molecule has 0 heterocycles. The highest BCUT2D eigenvalue weighted by atomic mass is 19.4. The zero-order valence-electron chi connectivity index (χ0n) is 13.3. The Labute approximate surface area is 140 Å². The number of benzene rings is 2. The van der Waals surface area contributed by atoms with Crippen LogP contribution in [0.3, 0.4) is 0 Å². The van der Waals surface area contributed by atoms with Crippen LogP contribution in [0.5, 0.6) is 0 Å². The number of hydrogen-bond acceptors (Lipinski definition) is 4. The standard InChI is InChI=1S/C16H14F3N3O3/c1-9-3-4-11(7-10(9)2)15(23)21-20-13-6-5-12(16(17,18)19)8-14(13)22(24)25/h3-8,20H,1-2H3,(H,21,23). The molecular formula is C16H14F3N3O3. The predicted molar refractivity (Wildman–Crippen MR) is 85.1 cm³/mol. The van der Waals surface area contributed by atoms with E-state index >= 15 is 0 Å². The first-order valence-corrected chi connectivity index (χ1v) is 7.09. The third-order valence-electron chi connectivity index (χ3n) is 3.60. The number of nitrogens with zero attached hydrogens (tertiary/aromatic N) is 1. The van der Waals surface area contributed by atoms with Crippen LogP contribution in [0.2, 0.25) is 0 Å². The number of alkyl halides is 3. The molecule has 132 valence electrons. The lowest BCUT2D eigenvalue weighted by Gasteiger charge is -2.12. The van der Waals surface area contributed by atoms with E-state index in [1.54, 1.807) is 18.2 Å². The highest BCUT2D eigenvalue weighted by Gasteiger charge is 2.33. The largest absolute Gasteiger partial charge is 0.416 e. The monoisotopic (exact) mass is 353 g/mol.